The second-order valence-corrected chi connectivity index (χ2v) is 6.94. The van der Waals surface area contributed by atoms with Crippen molar-refractivity contribution in [3.8, 4) is 5.88 Å². The van der Waals surface area contributed by atoms with Crippen LogP contribution in [0.3, 0.4) is 0 Å². The predicted molar refractivity (Wildman–Crippen MR) is 88.1 cm³/mol. The van der Waals surface area contributed by atoms with Gasteiger partial charge < -0.3 is 9.64 Å². The van der Waals surface area contributed by atoms with Crippen LogP contribution >= 0.6 is 11.3 Å². The zero-order chi connectivity index (χ0) is 16.4. The summed E-state index contributed by atoms with van der Waals surface area (Å²) < 4.78 is 5.05. The van der Waals surface area contributed by atoms with Crippen molar-refractivity contribution >= 4 is 17.2 Å². The molecule has 1 amide bonds. The van der Waals surface area contributed by atoms with Crippen molar-refractivity contribution in [2.75, 3.05) is 20.2 Å². The third-order valence-corrected chi connectivity index (χ3v) is 5.48. The Labute approximate surface area is 139 Å². The summed E-state index contributed by atoms with van der Waals surface area (Å²) in [7, 11) is 1.53. The van der Waals surface area contributed by atoms with Gasteiger partial charge in [0, 0.05) is 30.0 Å². The highest BCUT2D eigenvalue weighted by atomic mass is 32.1. The first-order valence-corrected chi connectivity index (χ1v) is 8.49. The fraction of sp³-hybridized carbons (Fsp3) is 0.500. The number of likely N-dealkylation sites (tertiary alicyclic amines) is 1. The number of methoxy groups -OCH3 is 1. The third kappa shape index (κ3) is 3.34. The van der Waals surface area contributed by atoms with Crippen LogP contribution in [0.25, 0.3) is 0 Å². The number of hydrogen-bond acceptors (Lipinski definition) is 6. The van der Waals surface area contributed by atoms with Crippen molar-refractivity contribution in [2.45, 2.75) is 32.6 Å². The summed E-state index contributed by atoms with van der Waals surface area (Å²) in [4.78, 5) is 28.3. The molecule has 0 aromatic carbocycles. The lowest BCUT2D eigenvalue weighted by molar-refractivity contribution is 0.0706. The van der Waals surface area contributed by atoms with E-state index in [-0.39, 0.29) is 5.91 Å². The maximum absolute atomic E-state index is 12.5. The minimum atomic E-state index is -0.0596. The Morgan fingerprint density at radius 3 is 2.65 bits per heavy atom. The highest BCUT2D eigenvalue weighted by Gasteiger charge is 2.27. The standard InChI is InChI=1S/C16H20N4O2S/c1-10-11(2)23-15(19-10)12-4-6-20(7-5-12)16(21)13-8-14(22-3)18-9-17-13/h8-9,12H,4-7H2,1-3H3. The molecule has 2 aromatic heterocycles. The number of rotatable bonds is 3. The van der Waals surface area contributed by atoms with Gasteiger partial charge in [-0.25, -0.2) is 15.0 Å². The molecule has 1 saturated heterocycles. The molecule has 0 radical (unpaired) electrons. The molecule has 0 aliphatic carbocycles. The molecular formula is C16H20N4O2S. The van der Waals surface area contributed by atoms with Crippen LogP contribution in [0.4, 0.5) is 0 Å². The lowest BCUT2D eigenvalue weighted by Gasteiger charge is -2.30. The number of carbonyl (C=O) groups is 1. The number of amides is 1. The van der Waals surface area contributed by atoms with Gasteiger partial charge in [0.2, 0.25) is 5.88 Å². The number of carbonyl (C=O) groups excluding carboxylic acids is 1. The van der Waals surface area contributed by atoms with Crippen LogP contribution in [0.2, 0.25) is 0 Å². The molecule has 23 heavy (non-hydrogen) atoms. The van der Waals surface area contributed by atoms with Crippen LogP contribution in [0.5, 0.6) is 5.88 Å². The molecule has 6 nitrogen and oxygen atoms in total. The van der Waals surface area contributed by atoms with Crippen LogP contribution in [0.1, 0.15) is 44.8 Å². The minimum absolute atomic E-state index is 0.0596. The summed E-state index contributed by atoms with van der Waals surface area (Å²) in [6.45, 7) is 5.62. The van der Waals surface area contributed by atoms with E-state index < -0.39 is 0 Å². The molecule has 1 aliphatic rings. The Hall–Kier alpha value is -2.02. The van der Waals surface area contributed by atoms with E-state index in [0.717, 1.165) is 31.6 Å². The molecule has 122 valence electrons. The molecule has 2 aromatic rings. The second-order valence-electron chi connectivity index (χ2n) is 5.71. The first-order valence-electron chi connectivity index (χ1n) is 7.67. The van der Waals surface area contributed by atoms with Crippen molar-refractivity contribution in [1.82, 2.24) is 19.9 Å². The second kappa shape index (κ2) is 6.62. The first kappa shape index (κ1) is 15.9. The molecule has 0 spiro atoms. The van der Waals surface area contributed by atoms with E-state index in [2.05, 4.69) is 28.8 Å². The van der Waals surface area contributed by atoms with Gasteiger partial charge >= 0.3 is 0 Å². The summed E-state index contributed by atoms with van der Waals surface area (Å²) in [6.07, 6.45) is 3.25. The normalized spacial score (nSPS) is 15.7. The number of ether oxygens (including phenoxy) is 1. The molecule has 0 N–H and O–H groups in total. The van der Waals surface area contributed by atoms with Gasteiger partial charge in [-0.2, -0.15) is 0 Å². The maximum atomic E-state index is 12.5. The average molecular weight is 332 g/mol. The van der Waals surface area contributed by atoms with E-state index in [4.69, 9.17) is 4.74 Å². The number of hydrogen-bond donors (Lipinski definition) is 0. The molecule has 0 bridgehead atoms. The smallest absolute Gasteiger partial charge is 0.272 e. The van der Waals surface area contributed by atoms with Gasteiger partial charge in [-0.3, -0.25) is 4.79 Å². The Morgan fingerprint density at radius 1 is 1.30 bits per heavy atom. The van der Waals surface area contributed by atoms with Crippen molar-refractivity contribution in [3.63, 3.8) is 0 Å². The van der Waals surface area contributed by atoms with Gasteiger partial charge in [-0.05, 0) is 26.7 Å². The fourth-order valence-electron chi connectivity index (χ4n) is 2.73. The van der Waals surface area contributed by atoms with Gasteiger partial charge in [-0.15, -0.1) is 11.3 Å². The zero-order valence-corrected chi connectivity index (χ0v) is 14.4. The summed E-state index contributed by atoms with van der Waals surface area (Å²) in [5.74, 6) is 0.805. The molecule has 0 saturated carbocycles. The Kier molecular flexibility index (Phi) is 4.56. The zero-order valence-electron chi connectivity index (χ0n) is 13.6. The number of aromatic nitrogens is 3. The number of thiazole rings is 1. The lowest BCUT2D eigenvalue weighted by atomic mass is 9.97. The summed E-state index contributed by atoms with van der Waals surface area (Å²) in [5.41, 5.74) is 1.51. The third-order valence-electron chi connectivity index (χ3n) is 4.25. The fourth-order valence-corrected chi connectivity index (χ4v) is 3.82. The molecule has 0 atom stereocenters. The molecule has 3 rings (SSSR count). The van der Waals surface area contributed by atoms with Crippen molar-refractivity contribution in [3.05, 3.63) is 33.7 Å². The molecule has 1 aliphatic heterocycles. The summed E-state index contributed by atoms with van der Waals surface area (Å²) in [5, 5.41) is 1.20. The molecular weight excluding hydrogens is 312 g/mol. The maximum Gasteiger partial charge on any atom is 0.272 e. The summed E-state index contributed by atoms with van der Waals surface area (Å²) >= 11 is 1.78. The van der Waals surface area contributed by atoms with Gasteiger partial charge in [0.05, 0.1) is 17.8 Å². The largest absolute Gasteiger partial charge is 0.481 e. The van der Waals surface area contributed by atoms with Crippen LogP contribution in [0, 0.1) is 13.8 Å². The van der Waals surface area contributed by atoms with Gasteiger partial charge in [0.15, 0.2) is 0 Å². The van der Waals surface area contributed by atoms with Gasteiger partial charge in [0.25, 0.3) is 5.91 Å². The highest BCUT2D eigenvalue weighted by molar-refractivity contribution is 7.11. The predicted octanol–water partition coefficient (Wildman–Crippen LogP) is 2.58. The first-order chi connectivity index (χ1) is 11.1. The van der Waals surface area contributed by atoms with E-state index in [9.17, 15) is 4.79 Å². The number of nitrogens with zero attached hydrogens (tertiary/aromatic N) is 4. The van der Waals surface area contributed by atoms with E-state index in [1.54, 1.807) is 17.4 Å². The lowest BCUT2D eigenvalue weighted by Crippen LogP contribution is -2.38. The van der Waals surface area contributed by atoms with Crippen LogP contribution in [-0.2, 0) is 0 Å². The molecule has 0 unspecified atom stereocenters. The van der Waals surface area contributed by atoms with Crippen molar-refractivity contribution in [1.29, 1.82) is 0 Å². The Balaban J connectivity index is 1.65. The Bertz CT molecular complexity index is 688. The quantitative estimate of drug-likeness (QED) is 0.864. The van der Waals surface area contributed by atoms with E-state index in [0.29, 0.717) is 17.5 Å². The van der Waals surface area contributed by atoms with E-state index in [1.165, 1.54) is 23.3 Å². The van der Waals surface area contributed by atoms with Crippen LogP contribution < -0.4 is 4.74 Å². The van der Waals surface area contributed by atoms with Crippen LogP contribution in [-0.4, -0.2) is 46.0 Å². The average Bonchev–Trinajstić information content (AvgIpc) is 2.93. The van der Waals surface area contributed by atoms with E-state index >= 15 is 0 Å². The highest BCUT2D eigenvalue weighted by Crippen LogP contribution is 2.32. The van der Waals surface area contributed by atoms with Crippen molar-refractivity contribution in [2.24, 2.45) is 0 Å². The SMILES string of the molecule is COc1cc(C(=O)N2CCC(c3nc(C)c(C)s3)CC2)ncn1. The molecule has 1 fully saturated rings. The van der Waals surface area contributed by atoms with Crippen LogP contribution in [0.15, 0.2) is 12.4 Å². The van der Waals surface area contributed by atoms with Gasteiger partial charge in [0.1, 0.15) is 12.0 Å². The molecule has 7 heteroatoms. The summed E-state index contributed by atoms with van der Waals surface area (Å²) in [6, 6.07) is 1.59. The van der Waals surface area contributed by atoms with Gasteiger partial charge in [-0.1, -0.05) is 0 Å². The monoisotopic (exact) mass is 332 g/mol. The van der Waals surface area contributed by atoms with E-state index in [1.807, 2.05) is 4.90 Å². The Morgan fingerprint density at radius 2 is 2.04 bits per heavy atom. The van der Waals surface area contributed by atoms with Crippen molar-refractivity contribution < 1.29 is 9.53 Å². The number of piperidine rings is 1. The molecule has 3 heterocycles. The minimum Gasteiger partial charge on any atom is -0.481 e. The number of aryl methyl sites for hydroxylation is 2. The topological polar surface area (TPSA) is 68.2 Å².